The predicted octanol–water partition coefficient (Wildman–Crippen LogP) is 4.70. The number of benzene rings is 1. The van der Waals surface area contributed by atoms with Crippen LogP contribution in [-0.4, -0.2) is 33.0 Å². The van der Waals surface area contributed by atoms with E-state index in [0.717, 1.165) is 29.8 Å². The van der Waals surface area contributed by atoms with Crippen molar-refractivity contribution in [3.63, 3.8) is 0 Å². The maximum Gasteiger partial charge on any atom is 0.219 e. The zero-order valence-electron chi connectivity index (χ0n) is 14.6. The largest absolute Gasteiger partial charge is 0.493 e. The molecule has 4 rings (SSSR count). The number of hydrogen-bond donors (Lipinski definition) is 1. The minimum absolute atomic E-state index is 0. The fourth-order valence-electron chi connectivity index (χ4n) is 3.42. The first-order chi connectivity index (χ1) is 12.5. The first-order valence-corrected chi connectivity index (χ1v) is 9.19. The molecular weight excluding hydrogens is 407 g/mol. The zero-order chi connectivity index (χ0) is 18.3. The fourth-order valence-corrected chi connectivity index (χ4v) is 3.71. The van der Waals surface area contributed by atoms with Gasteiger partial charge in [0.2, 0.25) is 5.88 Å². The van der Waals surface area contributed by atoms with Crippen LogP contribution >= 0.6 is 35.6 Å². The summed E-state index contributed by atoms with van der Waals surface area (Å²) in [6, 6.07) is 11.4. The molecule has 1 N–H and O–H groups in total. The van der Waals surface area contributed by atoms with Gasteiger partial charge in [0.15, 0.2) is 5.82 Å². The standard InChI is InChI=1S/C19H18Cl2N4O.ClH/c1-24(13-5-7-15(20)16(21)11-13)12-6-8-17-14(10-12)19(26)25(23-17)18-4-2-3-9-22-18;/h2-5,7,9,11-12,26H,6,8,10H2,1H3;1H. The van der Waals surface area contributed by atoms with E-state index in [1.807, 2.05) is 37.4 Å². The summed E-state index contributed by atoms with van der Waals surface area (Å²) >= 11 is 12.2. The second-order valence-electron chi connectivity index (χ2n) is 6.45. The molecule has 0 fully saturated rings. The van der Waals surface area contributed by atoms with Gasteiger partial charge in [0.1, 0.15) is 0 Å². The van der Waals surface area contributed by atoms with E-state index >= 15 is 0 Å². The van der Waals surface area contributed by atoms with Crippen LogP contribution in [0.3, 0.4) is 0 Å². The highest BCUT2D eigenvalue weighted by Gasteiger charge is 2.29. The first kappa shape index (κ1) is 19.8. The average molecular weight is 426 g/mol. The number of pyridine rings is 1. The van der Waals surface area contributed by atoms with E-state index in [1.54, 1.807) is 12.3 Å². The Kier molecular flexibility index (Phi) is 5.84. The van der Waals surface area contributed by atoms with Crippen molar-refractivity contribution in [3.05, 3.63) is 63.9 Å². The number of aromatic hydroxyl groups is 1. The van der Waals surface area contributed by atoms with Crippen molar-refractivity contribution in [2.75, 3.05) is 11.9 Å². The van der Waals surface area contributed by atoms with Crippen molar-refractivity contribution in [2.45, 2.75) is 25.3 Å². The Bertz CT molecular complexity index is 946. The van der Waals surface area contributed by atoms with E-state index in [9.17, 15) is 5.11 Å². The lowest BCUT2D eigenvalue weighted by molar-refractivity contribution is 0.422. The smallest absolute Gasteiger partial charge is 0.219 e. The molecule has 0 bridgehead atoms. The van der Waals surface area contributed by atoms with Gasteiger partial charge in [0.25, 0.3) is 0 Å². The number of anilines is 1. The molecule has 3 aromatic rings. The molecule has 1 unspecified atom stereocenters. The molecule has 0 saturated heterocycles. The van der Waals surface area contributed by atoms with Crippen molar-refractivity contribution in [1.82, 2.24) is 14.8 Å². The summed E-state index contributed by atoms with van der Waals surface area (Å²) in [5.41, 5.74) is 2.83. The SMILES string of the molecule is CN(c1ccc(Cl)c(Cl)c1)C1CCc2nn(-c3ccccn3)c(O)c2C1.Cl. The summed E-state index contributed by atoms with van der Waals surface area (Å²) in [4.78, 5) is 6.46. The van der Waals surface area contributed by atoms with Crippen molar-refractivity contribution >= 4 is 41.3 Å². The molecule has 142 valence electrons. The van der Waals surface area contributed by atoms with Crippen LogP contribution in [0.4, 0.5) is 5.69 Å². The number of halogens is 3. The normalized spacial score (nSPS) is 15.7. The van der Waals surface area contributed by atoms with E-state index in [-0.39, 0.29) is 24.3 Å². The minimum atomic E-state index is 0. The molecule has 27 heavy (non-hydrogen) atoms. The van der Waals surface area contributed by atoms with Gasteiger partial charge in [0.05, 0.1) is 15.7 Å². The van der Waals surface area contributed by atoms with Crippen LogP contribution in [0.25, 0.3) is 5.82 Å². The van der Waals surface area contributed by atoms with Crippen LogP contribution in [0.15, 0.2) is 42.6 Å². The highest BCUT2D eigenvalue weighted by Crippen LogP contribution is 2.34. The number of hydrogen-bond acceptors (Lipinski definition) is 4. The highest BCUT2D eigenvalue weighted by atomic mass is 35.5. The van der Waals surface area contributed by atoms with Crippen LogP contribution in [0.5, 0.6) is 5.88 Å². The van der Waals surface area contributed by atoms with E-state index in [4.69, 9.17) is 23.2 Å². The molecule has 1 aliphatic rings. The molecule has 1 aromatic carbocycles. The van der Waals surface area contributed by atoms with E-state index < -0.39 is 0 Å². The molecule has 8 heteroatoms. The van der Waals surface area contributed by atoms with Crippen LogP contribution < -0.4 is 4.90 Å². The van der Waals surface area contributed by atoms with E-state index in [2.05, 4.69) is 15.0 Å². The molecule has 1 aliphatic carbocycles. The van der Waals surface area contributed by atoms with Crippen molar-refractivity contribution in [3.8, 4) is 11.7 Å². The molecule has 0 aliphatic heterocycles. The van der Waals surface area contributed by atoms with Crippen molar-refractivity contribution < 1.29 is 5.11 Å². The number of nitrogens with zero attached hydrogens (tertiary/aromatic N) is 4. The van der Waals surface area contributed by atoms with Gasteiger partial charge < -0.3 is 10.0 Å². The monoisotopic (exact) mass is 424 g/mol. The van der Waals surface area contributed by atoms with Gasteiger partial charge >= 0.3 is 0 Å². The molecule has 0 spiro atoms. The Labute approximate surface area is 174 Å². The lowest BCUT2D eigenvalue weighted by Gasteiger charge is -2.32. The Balaban J connectivity index is 0.00000210. The summed E-state index contributed by atoms with van der Waals surface area (Å²) in [5, 5.41) is 16.3. The Morgan fingerprint density at radius 3 is 2.70 bits per heavy atom. The maximum atomic E-state index is 10.7. The van der Waals surface area contributed by atoms with Crippen LogP contribution in [0, 0.1) is 0 Å². The molecular formula is C19H19Cl3N4O. The summed E-state index contributed by atoms with van der Waals surface area (Å²) in [5.74, 6) is 0.791. The fraction of sp³-hybridized carbons (Fsp3) is 0.263. The lowest BCUT2D eigenvalue weighted by atomic mass is 9.92. The van der Waals surface area contributed by atoms with Gasteiger partial charge in [-0.15, -0.1) is 12.4 Å². The Morgan fingerprint density at radius 1 is 1.19 bits per heavy atom. The third-order valence-electron chi connectivity index (χ3n) is 4.92. The van der Waals surface area contributed by atoms with Crippen LogP contribution in [0.2, 0.25) is 10.0 Å². The van der Waals surface area contributed by atoms with Crippen molar-refractivity contribution in [2.24, 2.45) is 0 Å². The highest BCUT2D eigenvalue weighted by molar-refractivity contribution is 6.42. The summed E-state index contributed by atoms with van der Waals surface area (Å²) in [6.07, 6.45) is 4.16. The predicted molar refractivity (Wildman–Crippen MR) is 111 cm³/mol. The van der Waals surface area contributed by atoms with Gasteiger partial charge in [-0.2, -0.15) is 9.78 Å². The summed E-state index contributed by atoms with van der Waals surface area (Å²) in [6.45, 7) is 0. The third-order valence-corrected chi connectivity index (χ3v) is 5.66. The number of likely N-dealkylation sites (N-methyl/N-ethyl adjacent to an activating group) is 1. The lowest BCUT2D eigenvalue weighted by Crippen LogP contribution is -2.36. The van der Waals surface area contributed by atoms with Gasteiger partial charge in [-0.05, 0) is 49.6 Å². The Hall–Kier alpha value is -1.95. The molecule has 1 atom stereocenters. The second-order valence-corrected chi connectivity index (χ2v) is 7.27. The van der Waals surface area contributed by atoms with E-state index in [0.29, 0.717) is 22.3 Å². The molecule has 0 saturated carbocycles. The molecule has 0 amide bonds. The number of rotatable bonds is 3. The molecule has 2 heterocycles. The quantitative estimate of drug-likeness (QED) is 0.661. The summed E-state index contributed by atoms with van der Waals surface area (Å²) < 4.78 is 1.52. The van der Waals surface area contributed by atoms with Gasteiger partial charge in [-0.1, -0.05) is 29.3 Å². The summed E-state index contributed by atoms with van der Waals surface area (Å²) in [7, 11) is 2.04. The average Bonchev–Trinajstić information content (AvgIpc) is 3.00. The number of aryl methyl sites for hydroxylation is 1. The number of aromatic nitrogens is 3. The van der Waals surface area contributed by atoms with Gasteiger partial charge in [-0.25, -0.2) is 4.98 Å². The second kappa shape index (κ2) is 7.97. The van der Waals surface area contributed by atoms with Crippen LogP contribution in [-0.2, 0) is 12.8 Å². The molecule has 0 radical (unpaired) electrons. The molecule has 2 aromatic heterocycles. The zero-order valence-corrected chi connectivity index (χ0v) is 17.0. The van der Waals surface area contributed by atoms with Crippen LogP contribution in [0.1, 0.15) is 17.7 Å². The maximum absolute atomic E-state index is 10.7. The Morgan fingerprint density at radius 2 is 2.00 bits per heavy atom. The minimum Gasteiger partial charge on any atom is -0.493 e. The van der Waals surface area contributed by atoms with Gasteiger partial charge in [-0.3, -0.25) is 0 Å². The van der Waals surface area contributed by atoms with Gasteiger partial charge in [0, 0.05) is 30.5 Å². The third kappa shape index (κ3) is 3.72. The number of fused-ring (bicyclic) bond motifs is 1. The van der Waals surface area contributed by atoms with Crippen molar-refractivity contribution in [1.29, 1.82) is 0 Å². The molecule has 5 nitrogen and oxygen atoms in total. The topological polar surface area (TPSA) is 54.2 Å². The first-order valence-electron chi connectivity index (χ1n) is 8.43. The van der Waals surface area contributed by atoms with E-state index in [1.165, 1.54) is 4.68 Å².